The minimum atomic E-state index is 0.773. The summed E-state index contributed by atoms with van der Waals surface area (Å²) in [6.07, 6.45) is 5.69. The van der Waals surface area contributed by atoms with Gasteiger partial charge in [0.1, 0.15) is 5.75 Å². The van der Waals surface area contributed by atoms with Gasteiger partial charge in [0.25, 0.3) is 0 Å². The third-order valence-corrected chi connectivity index (χ3v) is 2.82. The van der Waals surface area contributed by atoms with E-state index in [2.05, 4.69) is 29.4 Å². The van der Waals surface area contributed by atoms with Crippen molar-refractivity contribution in [1.29, 1.82) is 0 Å². The molecule has 0 saturated heterocycles. The Kier molecular flexibility index (Phi) is 5.23. The third-order valence-electron chi connectivity index (χ3n) is 2.82. The second-order valence-electron chi connectivity index (χ2n) is 4.41. The van der Waals surface area contributed by atoms with Crippen molar-refractivity contribution in [2.75, 3.05) is 18.5 Å². The molecule has 1 aromatic heterocycles. The highest BCUT2D eigenvalue weighted by Gasteiger charge is 1.96. The van der Waals surface area contributed by atoms with Gasteiger partial charge in [0.15, 0.2) is 0 Å². The highest BCUT2D eigenvalue weighted by Crippen LogP contribution is 2.15. The van der Waals surface area contributed by atoms with E-state index in [0.717, 1.165) is 37.4 Å². The Morgan fingerprint density at radius 3 is 2.47 bits per heavy atom. The number of pyridine rings is 1. The molecule has 2 aromatic rings. The van der Waals surface area contributed by atoms with E-state index >= 15 is 0 Å². The van der Waals surface area contributed by atoms with Gasteiger partial charge in [0.2, 0.25) is 0 Å². The van der Waals surface area contributed by atoms with E-state index in [0.29, 0.717) is 0 Å². The fourth-order valence-corrected chi connectivity index (χ4v) is 1.79. The Morgan fingerprint density at radius 2 is 1.79 bits per heavy atom. The topological polar surface area (TPSA) is 34.1 Å². The summed E-state index contributed by atoms with van der Waals surface area (Å²) < 4.78 is 5.55. The molecule has 0 bridgehead atoms. The van der Waals surface area contributed by atoms with E-state index in [1.165, 1.54) is 5.56 Å². The number of rotatable bonds is 7. The Labute approximate surface area is 114 Å². The van der Waals surface area contributed by atoms with Crippen molar-refractivity contribution in [1.82, 2.24) is 4.98 Å². The Bertz CT molecular complexity index is 468. The van der Waals surface area contributed by atoms with Gasteiger partial charge in [-0.2, -0.15) is 0 Å². The maximum Gasteiger partial charge on any atom is 0.119 e. The zero-order valence-corrected chi connectivity index (χ0v) is 11.3. The van der Waals surface area contributed by atoms with E-state index < -0.39 is 0 Å². The lowest BCUT2D eigenvalue weighted by Crippen LogP contribution is -2.04. The van der Waals surface area contributed by atoms with Crippen molar-refractivity contribution in [3.05, 3.63) is 54.4 Å². The van der Waals surface area contributed by atoms with Crippen molar-refractivity contribution in [3.63, 3.8) is 0 Å². The Morgan fingerprint density at radius 1 is 1.05 bits per heavy atom. The lowest BCUT2D eigenvalue weighted by molar-refractivity contribution is 0.317. The fourth-order valence-electron chi connectivity index (χ4n) is 1.79. The van der Waals surface area contributed by atoms with Crippen LogP contribution in [0.15, 0.2) is 48.8 Å². The van der Waals surface area contributed by atoms with Gasteiger partial charge in [-0.05, 0) is 54.8 Å². The lowest BCUT2D eigenvalue weighted by atomic mass is 10.2. The van der Waals surface area contributed by atoms with Crippen LogP contribution in [0.1, 0.15) is 18.9 Å². The highest BCUT2D eigenvalue weighted by molar-refractivity contribution is 5.46. The molecule has 0 spiro atoms. The number of nitrogens with one attached hydrogen (secondary N) is 1. The summed E-state index contributed by atoms with van der Waals surface area (Å²) in [5.74, 6) is 0.932. The predicted molar refractivity (Wildman–Crippen MR) is 78.7 cm³/mol. The first kappa shape index (κ1) is 13.4. The second kappa shape index (κ2) is 7.41. The molecule has 0 aliphatic heterocycles. The fraction of sp³-hybridized carbons (Fsp3) is 0.312. The summed E-state index contributed by atoms with van der Waals surface area (Å²) in [5.41, 5.74) is 2.42. The molecule has 0 amide bonds. The summed E-state index contributed by atoms with van der Waals surface area (Å²) in [6, 6.07) is 12.2. The van der Waals surface area contributed by atoms with Gasteiger partial charge in [-0.15, -0.1) is 0 Å². The summed E-state index contributed by atoms with van der Waals surface area (Å²) in [5, 5.41) is 3.40. The number of anilines is 1. The first-order valence-electron chi connectivity index (χ1n) is 6.74. The Balaban J connectivity index is 1.77. The van der Waals surface area contributed by atoms with Crippen molar-refractivity contribution >= 4 is 5.69 Å². The van der Waals surface area contributed by atoms with Gasteiger partial charge in [-0.1, -0.05) is 6.92 Å². The molecule has 0 radical (unpaired) electrons. The van der Waals surface area contributed by atoms with Crippen LogP contribution in [0.5, 0.6) is 5.75 Å². The van der Waals surface area contributed by atoms with Crippen LogP contribution < -0.4 is 10.1 Å². The van der Waals surface area contributed by atoms with Crippen molar-refractivity contribution in [3.8, 4) is 5.75 Å². The largest absolute Gasteiger partial charge is 0.494 e. The summed E-state index contributed by atoms with van der Waals surface area (Å²) in [7, 11) is 0. The van der Waals surface area contributed by atoms with Crippen molar-refractivity contribution in [2.45, 2.75) is 19.8 Å². The van der Waals surface area contributed by atoms with Gasteiger partial charge in [-0.25, -0.2) is 0 Å². The van der Waals surface area contributed by atoms with Crippen LogP contribution in [0, 0.1) is 0 Å². The lowest BCUT2D eigenvalue weighted by Gasteiger charge is -2.08. The molecule has 3 nitrogen and oxygen atoms in total. The van der Waals surface area contributed by atoms with Crippen LogP contribution in [-0.2, 0) is 6.42 Å². The summed E-state index contributed by atoms with van der Waals surface area (Å²) in [4.78, 5) is 4.01. The van der Waals surface area contributed by atoms with Crippen LogP contribution in [0.25, 0.3) is 0 Å². The summed E-state index contributed by atoms with van der Waals surface area (Å²) >= 11 is 0. The summed E-state index contributed by atoms with van der Waals surface area (Å²) in [6.45, 7) is 3.79. The van der Waals surface area contributed by atoms with E-state index in [1.54, 1.807) is 0 Å². The minimum Gasteiger partial charge on any atom is -0.494 e. The maximum absolute atomic E-state index is 5.55. The van der Waals surface area contributed by atoms with Crippen molar-refractivity contribution in [2.24, 2.45) is 0 Å². The molecule has 0 atom stereocenters. The molecule has 1 N–H and O–H groups in total. The molecule has 1 heterocycles. The monoisotopic (exact) mass is 256 g/mol. The van der Waals surface area contributed by atoms with Gasteiger partial charge < -0.3 is 10.1 Å². The number of benzene rings is 1. The molecule has 2 rings (SSSR count). The molecule has 0 saturated carbocycles. The quantitative estimate of drug-likeness (QED) is 0.823. The van der Waals surface area contributed by atoms with E-state index in [9.17, 15) is 0 Å². The van der Waals surface area contributed by atoms with E-state index in [1.807, 2.05) is 36.7 Å². The van der Waals surface area contributed by atoms with Crippen molar-refractivity contribution < 1.29 is 4.74 Å². The van der Waals surface area contributed by atoms with Crippen LogP contribution >= 0.6 is 0 Å². The molecule has 0 fully saturated rings. The number of aromatic nitrogens is 1. The second-order valence-corrected chi connectivity index (χ2v) is 4.41. The maximum atomic E-state index is 5.55. The molecular weight excluding hydrogens is 236 g/mol. The molecule has 19 heavy (non-hydrogen) atoms. The Hall–Kier alpha value is -2.03. The average Bonchev–Trinajstić information content (AvgIpc) is 2.47. The molecule has 0 unspecified atom stereocenters. The first-order chi connectivity index (χ1) is 9.38. The number of hydrogen-bond donors (Lipinski definition) is 1. The third kappa shape index (κ3) is 4.62. The number of ether oxygens (including phenoxy) is 1. The van der Waals surface area contributed by atoms with E-state index in [-0.39, 0.29) is 0 Å². The van der Waals surface area contributed by atoms with Gasteiger partial charge in [0, 0.05) is 24.6 Å². The number of nitrogens with zero attached hydrogens (tertiary/aromatic N) is 1. The molecule has 0 aliphatic carbocycles. The van der Waals surface area contributed by atoms with Gasteiger partial charge in [0.05, 0.1) is 6.61 Å². The van der Waals surface area contributed by atoms with Crippen LogP contribution in [0.2, 0.25) is 0 Å². The van der Waals surface area contributed by atoms with Crippen LogP contribution in [0.3, 0.4) is 0 Å². The minimum absolute atomic E-state index is 0.773. The normalized spacial score (nSPS) is 10.2. The SMILES string of the molecule is CCCOc1ccc(NCCc2ccncc2)cc1. The standard InChI is InChI=1S/C16H20N2O/c1-2-13-19-16-5-3-15(4-6-16)18-12-9-14-7-10-17-11-8-14/h3-8,10-11,18H,2,9,12-13H2,1H3. The van der Waals surface area contributed by atoms with Crippen LogP contribution in [-0.4, -0.2) is 18.1 Å². The molecule has 100 valence electrons. The highest BCUT2D eigenvalue weighted by atomic mass is 16.5. The molecule has 1 aromatic carbocycles. The number of hydrogen-bond acceptors (Lipinski definition) is 3. The molecular formula is C16H20N2O. The molecule has 3 heteroatoms. The molecule has 0 aliphatic rings. The zero-order valence-electron chi connectivity index (χ0n) is 11.3. The van der Waals surface area contributed by atoms with Gasteiger partial charge in [-0.3, -0.25) is 4.98 Å². The van der Waals surface area contributed by atoms with E-state index in [4.69, 9.17) is 4.74 Å². The smallest absolute Gasteiger partial charge is 0.119 e. The first-order valence-corrected chi connectivity index (χ1v) is 6.74. The van der Waals surface area contributed by atoms with Gasteiger partial charge >= 0.3 is 0 Å². The predicted octanol–water partition coefficient (Wildman–Crippen LogP) is 3.53. The zero-order chi connectivity index (χ0) is 13.3. The average molecular weight is 256 g/mol. The van der Waals surface area contributed by atoms with Crippen LogP contribution in [0.4, 0.5) is 5.69 Å².